The zero-order chi connectivity index (χ0) is 20.1. The summed E-state index contributed by atoms with van der Waals surface area (Å²) in [4.78, 5) is 16.9. The summed E-state index contributed by atoms with van der Waals surface area (Å²) in [6.45, 7) is 3.43. The zero-order valence-corrected chi connectivity index (χ0v) is 16.8. The standard InChI is InChI=1S/C21H23N7O/c1-14-22-23-19-8-9-20(24-28(14)19)27-12-16(13-27)26(3)21(29)10-15-11-25(2)18-7-5-4-6-17(15)18/h4-9,11,16H,10,12-13H2,1-3H3. The van der Waals surface area contributed by atoms with E-state index in [0.29, 0.717) is 6.42 Å². The van der Waals surface area contributed by atoms with Crippen LogP contribution in [-0.4, -0.2) is 61.4 Å². The van der Waals surface area contributed by atoms with Crippen molar-refractivity contribution in [1.29, 1.82) is 0 Å². The topological polar surface area (TPSA) is 71.6 Å². The minimum Gasteiger partial charge on any atom is -0.351 e. The van der Waals surface area contributed by atoms with Crippen LogP contribution < -0.4 is 4.90 Å². The van der Waals surface area contributed by atoms with Crippen molar-refractivity contribution in [3.05, 3.63) is 54.0 Å². The van der Waals surface area contributed by atoms with Gasteiger partial charge in [0, 0.05) is 44.3 Å². The summed E-state index contributed by atoms with van der Waals surface area (Å²) in [6.07, 6.45) is 2.47. The second-order valence-electron chi connectivity index (χ2n) is 7.73. The molecule has 0 aliphatic carbocycles. The highest BCUT2D eigenvalue weighted by Crippen LogP contribution is 2.24. The van der Waals surface area contributed by atoms with Gasteiger partial charge in [-0.25, -0.2) is 0 Å². The number of nitrogens with zero attached hydrogens (tertiary/aromatic N) is 7. The SMILES string of the molecule is Cc1nnc2ccc(N3CC(N(C)C(=O)Cc4cn(C)c5ccccc45)C3)nn12. The molecule has 0 bridgehead atoms. The van der Waals surface area contributed by atoms with E-state index in [4.69, 9.17) is 0 Å². The smallest absolute Gasteiger partial charge is 0.227 e. The summed E-state index contributed by atoms with van der Waals surface area (Å²) in [5, 5.41) is 13.9. The molecule has 1 aliphatic heterocycles. The summed E-state index contributed by atoms with van der Waals surface area (Å²) in [5.74, 6) is 1.79. The molecule has 0 radical (unpaired) electrons. The van der Waals surface area contributed by atoms with E-state index in [0.717, 1.165) is 46.8 Å². The molecule has 4 heterocycles. The van der Waals surface area contributed by atoms with Crippen LogP contribution >= 0.6 is 0 Å². The molecule has 1 aliphatic rings. The third-order valence-electron chi connectivity index (χ3n) is 5.85. The number of aromatic nitrogens is 5. The Bertz CT molecular complexity index is 1220. The molecular formula is C21H23N7O. The molecule has 1 fully saturated rings. The largest absolute Gasteiger partial charge is 0.351 e. The summed E-state index contributed by atoms with van der Waals surface area (Å²) in [7, 11) is 3.92. The molecule has 8 nitrogen and oxygen atoms in total. The maximum Gasteiger partial charge on any atom is 0.227 e. The molecule has 0 atom stereocenters. The second-order valence-corrected chi connectivity index (χ2v) is 7.73. The van der Waals surface area contributed by atoms with Crippen molar-refractivity contribution >= 4 is 28.3 Å². The van der Waals surface area contributed by atoms with E-state index in [9.17, 15) is 4.79 Å². The first kappa shape index (κ1) is 17.7. The number of aryl methyl sites for hydroxylation is 2. The number of para-hydroxylation sites is 1. The average molecular weight is 389 g/mol. The van der Waals surface area contributed by atoms with Gasteiger partial charge in [0.1, 0.15) is 5.82 Å². The minimum absolute atomic E-state index is 0.143. The van der Waals surface area contributed by atoms with E-state index in [1.54, 1.807) is 4.52 Å². The summed E-state index contributed by atoms with van der Waals surface area (Å²) < 4.78 is 3.83. The fraction of sp³-hybridized carbons (Fsp3) is 0.333. The maximum absolute atomic E-state index is 12.9. The molecule has 1 saturated heterocycles. The van der Waals surface area contributed by atoms with Crippen molar-refractivity contribution in [2.75, 3.05) is 25.0 Å². The van der Waals surface area contributed by atoms with Crippen LogP contribution in [-0.2, 0) is 18.3 Å². The van der Waals surface area contributed by atoms with Crippen LogP contribution in [0, 0.1) is 6.92 Å². The zero-order valence-electron chi connectivity index (χ0n) is 16.8. The van der Waals surface area contributed by atoms with Gasteiger partial charge in [-0.1, -0.05) is 18.2 Å². The van der Waals surface area contributed by atoms with E-state index in [1.807, 2.05) is 50.2 Å². The first-order chi connectivity index (χ1) is 14.0. The molecule has 1 amide bonds. The molecule has 5 rings (SSSR count). The number of rotatable bonds is 4. The van der Waals surface area contributed by atoms with Crippen LogP contribution in [0.3, 0.4) is 0 Å². The quantitative estimate of drug-likeness (QED) is 0.532. The highest BCUT2D eigenvalue weighted by Gasteiger charge is 2.33. The number of likely N-dealkylation sites (N-methyl/N-ethyl adjacent to an activating group) is 1. The molecule has 0 saturated carbocycles. The normalized spacial score (nSPS) is 14.5. The Morgan fingerprint density at radius 2 is 1.97 bits per heavy atom. The molecule has 29 heavy (non-hydrogen) atoms. The van der Waals surface area contributed by atoms with Gasteiger partial charge in [-0.15, -0.1) is 15.3 Å². The van der Waals surface area contributed by atoms with Gasteiger partial charge in [0.2, 0.25) is 5.91 Å². The van der Waals surface area contributed by atoms with Gasteiger partial charge in [0.15, 0.2) is 11.5 Å². The Morgan fingerprint density at radius 1 is 1.17 bits per heavy atom. The fourth-order valence-electron chi connectivity index (χ4n) is 4.00. The van der Waals surface area contributed by atoms with E-state index < -0.39 is 0 Å². The Morgan fingerprint density at radius 3 is 2.79 bits per heavy atom. The van der Waals surface area contributed by atoms with Gasteiger partial charge in [0.25, 0.3) is 0 Å². The number of carbonyl (C=O) groups is 1. The van der Waals surface area contributed by atoms with Crippen molar-refractivity contribution in [2.45, 2.75) is 19.4 Å². The lowest BCUT2D eigenvalue weighted by Crippen LogP contribution is -2.60. The van der Waals surface area contributed by atoms with Crippen molar-refractivity contribution in [2.24, 2.45) is 7.05 Å². The fourth-order valence-corrected chi connectivity index (χ4v) is 4.00. The van der Waals surface area contributed by atoms with Gasteiger partial charge < -0.3 is 14.4 Å². The summed E-state index contributed by atoms with van der Waals surface area (Å²) in [6, 6.07) is 12.3. The Labute approximate surface area is 168 Å². The van der Waals surface area contributed by atoms with Crippen molar-refractivity contribution in [1.82, 2.24) is 29.3 Å². The summed E-state index contributed by atoms with van der Waals surface area (Å²) in [5.41, 5.74) is 2.97. The minimum atomic E-state index is 0.143. The van der Waals surface area contributed by atoms with Crippen LogP contribution in [0.15, 0.2) is 42.6 Å². The molecule has 3 aromatic heterocycles. The molecule has 4 aromatic rings. The third kappa shape index (κ3) is 2.91. The number of fused-ring (bicyclic) bond motifs is 2. The van der Waals surface area contributed by atoms with Crippen LogP contribution in [0.4, 0.5) is 5.82 Å². The first-order valence-electron chi connectivity index (χ1n) is 9.74. The van der Waals surface area contributed by atoms with Gasteiger partial charge in [0.05, 0.1) is 12.5 Å². The van der Waals surface area contributed by atoms with Crippen LogP contribution in [0.2, 0.25) is 0 Å². The molecule has 0 spiro atoms. The lowest BCUT2D eigenvalue weighted by molar-refractivity contribution is -0.131. The Hall–Kier alpha value is -3.42. The van der Waals surface area contributed by atoms with E-state index >= 15 is 0 Å². The second kappa shape index (κ2) is 6.58. The number of carbonyl (C=O) groups excluding carboxylic acids is 1. The van der Waals surface area contributed by atoms with Gasteiger partial charge in [-0.2, -0.15) is 4.52 Å². The highest BCUT2D eigenvalue weighted by molar-refractivity contribution is 5.89. The van der Waals surface area contributed by atoms with Gasteiger partial charge in [-0.3, -0.25) is 4.79 Å². The number of hydrogen-bond donors (Lipinski definition) is 0. The van der Waals surface area contributed by atoms with E-state index in [-0.39, 0.29) is 11.9 Å². The van der Waals surface area contributed by atoms with Crippen LogP contribution in [0.1, 0.15) is 11.4 Å². The Kier molecular flexibility index (Phi) is 4.01. The molecule has 0 N–H and O–H groups in total. The molecule has 1 aromatic carbocycles. The average Bonchev–Trinajstić information content (AvgIpc) is 3.21. The molecule has 8 heteroatoms. The van der Waals surface area contributed by atoms with Crippen molar-refractivity contribution in [3.8, 4) is 0 Å². The van der Waals surface area contributed by atoms with Crippen LogP contribution in [0.25, 0.3) is 16.6 Å². The maximum atomic E-state index is 12.9. The van der Waals surface area contributed by atoms with Gasteiger partial charge in [-0.05, 0) is 30.7 Å². The Balaban J connectivity index is 1.26. The predicted molar refractivity (Wildman–Crippen MR) is 111 cm³/mol. The predicted octanol–water partition coefficient (Wildman–Crippen LogP) is 1.81. The highest BCUT2D eigenvalue weighted by atomic mass is 16.2. The van der Waals surface area contributed by atoms with Crippen molar-refractivity contribution in [3.63, 3.8) is 0 Å². The van der Waals surface area contributed by atoms with Crippen molar-refractivity contribution < 1.29 is 4.79 Å². The molecule has 0 unspecified atom stereocenters. The molecular weight excluding hydrogens is 366 g/mol. The lowest BCUT2D eigenvalue weighted by atomic mass is 10.1. The third-order valence-corrected chi connectivity index (χ3v) is 5.85. The number of anilines is 1. The first-order valence-corrected chi connectivity index (χ1v) is 9.74. The lowest BCUT2D eigenvalue weighted by Gasteiger charge is -2.44. The number of benzene rings is 1. The number of amides is 1. The van der Waals surface area contributed by atoms with E-state index in [1.165, 1.54) is 0 Å². The monoisotopic (exact) mass is 389 g/mol. The van der Waals surface area contributed by atoms with Crippen LogP contribution in [0.5, 0.6) is 0 Å². The van der Waals surface area contributed by atoms with Gasteiger partial charge >= 0.3 is 0 Å². The van der Waals surface area contributed by atoms with E-state index in [2.05, 4.69) is 43.1 Å². The molecule has 148 valence electrons. The summed E-state index contributed by atoms with van der Waals surface area (Å²) >= 11 is 0. The number of hydrogen-bond acceptors (Lipinski definition) is 5.